The minimum Gasteiger partial charge on any atom is -0.340 e. The van der Waals surface area contributed by atoms with Gasteiger partial charge in [-0.25, -0.2) is 22.8 Å². The fraction of sp³-hybridized carbons (Fsp3) is 0.231. The zero-order valence-electron chi connectivity index (χ0n) is 19.3. The van der Waals surface area contributed by atoms with Crippen LogP contribution in [0.25, 0.3) is 10.9 Å². The summed E-state index contributed by atoms with van der Waals surface area (Å²) in [6.45, 7) is 3.80. The minimum atomic E-state index is -3.66. The number of benzene rings is 3. The molecule has 0 amide bonds. The second-order valence-electron chi connectivity index (χ2n) is 8.51. The van der Waals surface area contributed by atoms with E-state index in [1.807, 2.05) is 61.5 Å². The van der Waals surface area contributed by atoms with Gasteiger partial charge in [-0.3, -0.25) is 4.90 Å². The van der Waals surface area contributed by atoms with Gasteiger partial charge in [0.2, 0.25) is 10.0 Å². The van der Waals surface area contributed by atoms with Crippen molar-refractivity contribution in [2.24, 2.45) is 0 Å². The van der Waals surface area contributed by atoms with Crippen molar-refractivity contribution >= 4 is 32.4 Å². The maximum absolute atomic E-state index is 13.2. The van der Waals surface area contributed by atoms with Crippen molar-refractivity contribution < 1.29 is 12.8 Å². The van der Waals surface area contributed by atoms with E-state index in [-0.39, 0.29) is 10.9 Å². The molecule has 3 aromatic carbocycles. The highest BCUT2D eigenvalue weighted by Crippen LogP contribution is 2.28. The second kappa shape index (κ2) is 9.69. The normalized spacial score (nSPS) is 16.3. The lowest BCUT2D eigenvalue weighted by Crippen LogP contribution is -2.49. The van der Waals surface area contributed by atoms with Crippen LogP contribution >= 0.6 is 0 Å². The number of anilines is 2. The van der Waals surface area contributed by atoms with E-state index < -0.39 is 15.8 Å². The van der Waals surface area contributed by atoms with Crippen LogP contribution in [0.5, 0.6) is 0 Å². The first kappa shape index (κ1) is 23.3. The Balaban J connectivity index is 1.35. The van der Waals surface area contributed by atoms with Gasteiger partial charge in [0, 0.05) is 37.3 Å². The Morgan fingerprint density at radius 2 is 1.51 bits per heavy atom. The van der Waals surface area contributed by atoms with Crippen LogP contribution in [0.15, 0.2) is 83.8 Å². The molecule has 1 N–H and O–H groups in total. The number of fused-ring (bicyclic) bond motifs is 1. The molecule has 9 heteroatoms. The van der Waals surface area contributed by atoms with E-state index in [4.69, 9.17) is 9.97 Å². The van der Waals surface area contributed by atoms with Gasteiger partial charge in [-0.1, -0.05) is 30.3 Å². The fourth-order valence-electron chi connectivity index (χ4n) is 4.29. The Bertz CT molecular complexity index is 1420. The van der Waals surface area contributed by atoms with E-state index in [2.05, 4.69) is 10.2 Å². The first-order valence-corrected chi connectivity index (χ1v) is 12.9. The summed E-state index contributed by atoms with van der Waals surface area (Å²) < 4.78 is 40.6. The van der Waals surface area contributed by atoms with Gasteiger partial charge in [-0.05, 0) is 55.5 Å². The number of halogens is 1. The number of aromatic nitrogens is 2. The summed E-state index contributed by atoms with van der Waals surface area (Å²) in [7, 11) is -3.66. The van der Waals surface area contributed by atoms with Gasteiger partial charge in [0.05, 0.1) is 16.5 Å². The minimum absolute atomic E-state index is 0.105. The van der Waals surface area contributed by atoms with Crippen LogP contribution in [0.1, 0.15) is 18.8 Å². The molecule has 4 aromatic rings. The zero-order chi connectivity index (χ0) is 24.4. The topological polar surface area (TPSA) is 78.4 Å². The molecule has 7 nitrogen and oxygen atoms in total. The van der Waals surface area contributed by atoms with E-state index >= 15 is 0 Å². The lowest BCUT2D eigenvalue weighted by molar-refractivity contribution is 0.141. The van der Waals surface area contributed by atoms with Gasteiger partial charge in [0.25, 0.3) is 0 Å². The fourth-order valence-corrected chi connectivity index (χ4v) is 5.71. The van der Waals surface area contributed by atoms with Crippen LogP contribution in [0.4, 0.5) is 15.9 Å². The van der Waals surface area contributed by atoms with E-state index in [0.29, 0.717) is 32.0 Å². The molecule has 0 aliphatic carbocycles. The van der Waals surface area contributed by atoms with Crippen molar-refractivity contribution in [1.82, 2.24) is 19.2 Å². The number of sulfonamides is 1. The molecule has 0 bridgehead atoms. The van der Waals surface area contributed by atoms with Crippen LogP contribution < -0.4 is 5.32 Å². The number of para-hydroxylation sites is 2. The molecular weight excluding hydrogens is 465 g/mol. The molecule has 0 spiro atoms. The third-order valence-corrected chi connectivity index (χ3v) is 8.22. The van der Waals surface area contributed by atoms with Crippen LogP contribution in [0, 0.1) is 5.82 Å². The number of hydrogen-bond acceptors (Lipinski definition) is 6. The second-order valence-corrected chi connectivity index (χ2v) is 10.4. The summed E-state index contributed by atoms with van der Waals surface area (Å²) in [4.78, 5) is 12.0. The van der Waals surface area contributed by atoms with Crippen molar-refractivity contribution in [2.45, 2.75) is 17.9 Å². The molecule has 1 unspecified atom stereocenters. The van der Waals surface area contributed by atoms with Gasteiger partial charge in [0.15, 0.2) is 0 Å². The van der Waals surface area contributed by atoms with E-state index in [0.717, 1.165) is 22.4 Å². The van der Waals surface area contributed by atoms with Crippen molar-refractivity contribution in [3.63, 3.8) is 0 Å². The molecule has 1 aliphatic rings. The maximum atomic E-state index is 13.2. The highest BCUT2D eigenvalue weighted by molar-refractivity contribution is 7.89. The van der Waals surface area contributed by atoms with Gasteiger partial charge in [0.1, 0.15) is 17.5 Å². The molecule has 0 radical (unpaired) electrons. The lowest BCUT2D eigenvalue weighted by Gasteiger charge is -2.36. The van der Waals surface area contributed by atoms with Gasteiger partial charge in [-0.15, -0.1) is 0 Å². The number of nitrogens with zero attached hydrogens (tertiary/aromatic N) is 4. The molecule has 1 saturated heterocycles. The van der Waals surface area contributed by atoms with Crippen LogP contribution in [-0.2, 0) is 10.0 Å². The SMILES string of the molecule is CC(c1nc(Nc2ccccc2)c2ccccc2n1)N1CCN(S(=O)(=O)c2ccc(F)cc2)CC1. The van der Waals surface area contributed by atoms with Crippen LogP contribution in [0.2, 0.25) is 0 Å². The smallest absolute Gasteiger partial charge is 0.243 e. The first-order valence-electron chi connectivity index (χ1n) is 11.5. The molecule has 0 saturated carbocycles. The molecule has 180 valence electrons. The molecule has 1 fully saturated rings. The predicted octanol–water partition coefficient (Wildman–Crippen LogP) is 4.58. The summed E-state index contributed by atoms with van der Waals surface area (Å²) in [5.74, 6) is 0.956. The average Bonchev–Trinajstić information content (AvgIpc) is 2.89. The number of piperazine rings is 1. The molecule has 1 atom stereocenters. The first-order chi connectivity index (χ1) is 16.9. The summed E-state index contributed by atoms with van der Waals surface area (Å²) in [5, 5.41) is 4.34. The lowest BCUT2D eigenvalue weighted by atomic mass is 10.2. The Kier molecular flexibility index (Phi) is 6.46. The number of rotatable bonds is 6. The third-order valence-electron chi connectivity index (χ3n) is 6.30. The summed E-state index contributed by atoms with van der Waals surface area (Å²) in [5.41, 5.74) is 1.79. The van der Waals surface area contributed by atoms with E-state index in [1.54, 1.807) is 0 Å². The molecule has 1 aliphatic heterocycles. The maximum Gasteiger partial charge on any atom is 0.243 e. The summed E-state index contributed by atoms with van der Waals surface area (Å²) >= 11 is 0. The predicted molar refractivity (Wildman–Crippen MR) is 134 cm³/mol. The van der Waals surface area contributed by atoms with Crippen LogP contribution in [-0.4, -0.2) is 53.8 Å². The molecular formula is C26H26FN5O2S. The highest BCUT2D eigenvalue weighted by Gasteiger charge is 2.31. The summed E-state index contributed by atoms with van der Waals surface area (Å²) in [6.07, 6.45) is 0. The van der Waals surface area contributed by atoms with Gasteiger partial charge >= 0.3 is 0 Å². The van der Waals surface area contributed by atoms with Gasteiger partial charge in [-0.2, -0.15) is 4.31 Å². The molecule has 35 heavy (non-hydrogen) atoms. The van der Waals surface area contributed by atoms with E-state index in [9.17, 15) is 12.8 Å². The Morgan fingerprint density at radius 1 is 0.857 bits per heavy atom. The highest BCUT2D eigenvalue weighted by atomic mass is 32.2. The van der Waals surface area contributed by atoms with Crippen molar-refractivity contribution in [3.05, 3.63) is 90.5 Å². The molecule has 5 rings (SSSR count). The molecule has 2 heterocycles. The van der Waals surface area contributed by atoms with Gasteiger partial charge < -0.3 is 5.32 Å². The Morgan fingerprint density at radius 3 is 2.23 bits per heavy atom. The van der Waals surface area contributed by atoms with Crippen molar-refractivity contribution in [3.8, 4) is 0 Å². The third kappa shape index (κ3) is 4.88. The summed E-state index contributed by atoms with van der Waals surface area (Å²) in [6, 6.07) is 22.6. The van der Waals surface area contributed by atoms with E-state index in [1.165, 1.54) is 28.6 Å². The number of hydrogen-bond donors (Lipinski definition) is 1. The standard InChI is InChI=1S/C26H26FN5O2S/c1-19(31-15-17-32(18-16-31)35(33,34)22-13-11-20(27)12-14-22)25-29-24-10-6-5-9-23(24)26(30-25)28-21-7-3-2-4-8-21/h2-14,19H,15-18H2,1H3,(H,28,29,30). The van der Waals surface area contributed by atoms with Crippen molar-refractivity contribution in [2.75, 3.05) is 31.5 Å². The quantitative estimate of drug-likeness (QED) is 0.425. The average molecular weight is 492 g/mol. The van der Waals surface area contributed by atoms with Crippen LogP contribution in [0.3, 0.4) is 0 Å². The van der Waals surface area contributed by atoms with Crippen molar-refractivity contribution in [1.29, 1.82) is 0 Å². The Labute approximate surface area is 204 Å². The number of nitrogens with one attached hydrogen (secondary N) is 1. The zero-order valence-corrected chi connectivity index (χ0v) is 20.1. The molecule has 1 aromatic heterocycles. The Hall–Kier alpha value is -3.40. The largest absolute Gasteiger partial charge is 0.340 e. The monoisotopic (exact) mass is 491 g/mol.